The Morgan fingerprint density at radius 3 is 0.833 bits per heavy atom. The van der Waals surface area contributed by atoms with Crippen molar-refractivity contribution in [2.75, 3.05) is 21.1 Å². The lowest BCUT2D eigenvalue weighted by Gasteiger charge is -2.41. The summed E-state index contributed by atoms with van der Waals surface area (Å²) >= 11 is 0. The van der Waals surface area contributed by atoms with Crippen LogP contribution in [0.3, 0.4) is 0 Å². The second kappa shape index (κ2) is 10.2. The van der Waals surface area contributed by atoms with Gasteiger partial charge in [-0.2, -0.15) is 0 Å². The average molecular weight is 333 g/mol. The molecule has 15 heteroatoms. The van der Waals surface area contributed by atoms with E-state index in [1.807, 2.05) is 0 Å². The van der Waals surface area contributed by atoms with Crippen molar-refractivity contribution in [3.63, 3.8) is 0 Å². The molecule has 0 aromatic carbocycles. The van der Waals surface area contributed by atoms with Crippen LogP contribution in [0.4, 0.5) is 0 Å². The van der Waals surface area contributed by atoms with Gasteiger partial charge in [0.1, 0.15) is 0 Å². The fourth-order valence-electron chi connectivity index (χ4n) is 0.412. The smallest absolute Gasteiger partial charge is 0.280 e. The Hall–Kier alpha value is 0.330. The molecule has 1 fully saturated rings. The summed E-state index contributed by atoms with van der Waals surface area (Å²) in [6.45, 7) is 0. The lowest BCUT2D eigenvalue weighted by Crippen LogP contribution is -2.40. The fraction of sp³-hybridized carbons (Fsp3) is 1.00. The fourth-order valence-corrected chi connectivity index (χ4v) is 4.51. The van der Waals surface area contributed by atoms with E-state index in [1.54, 1.807) is 21.1 Å². The van der Waals surface area contributed by atoms with Crippen LogP contribution in [0.5, 0.6) is 0 Å². The predicted molar refractivity (Wildman–Crippen MR) is 52.5 cm³/mol. The van der Waals surface area contributed by atoms with Gasteiger partial charge in [-0.25, -0.2) is 12.9 Å². The van der Waals surface area contributed by atoms with Crippen LogP contribution in [0.25, 0.3) is 0 Å². The van der Waals surface area contributed by atoms with Crippen LogP contribution < -0.4 is 31.9 Å². The standard InChI is InChI=1S/3CH5N.H3O9P3/c3*1-2;1-10(2)7-11(3,4)9-12(5,6)8-10/h3*2H2,1H3;(H,1,2)(H,3,4)(H,5,6). The molecule has 0 aliphatic carbocycles. The molecule has 0 radical (unpaired) electrons. The first-order valence-electron chi connectivity index (χ1n) is 4.31. The van der Waals surface area contributed by atoms with E-state index in [0.717, 1.165) is 0 Å². The molecule has 0 atom stereocenters. The third-order valence-corrected chi connectivity index (χ3v) is 5.40. The molecule has 1 rings (SSSR count). The van der Waals surface area contributed by atoms with Gasteiger partial charge in [0.25, 0.3) is 23.5 Å². The van der Waals surface area contributed by atoms with Gasteiger partial charge in [-0.1, -0.05) is 0 Å². The second-order valence-electron chi connectivity index (χ2n) is 1.59. The first kappa shape index (κ1) is 23.4. The topological polar surface area (TPSA) is 231 Å². The van der Waals surface area contributed by atoms with Gasteiger partial charge in [0.15, 0.2) is 0 Å². The number of phosphoric acid groups is 3. The number of rotatable bonds is 0. The van der Waals surface area contributed by atoms with Crippen molar-refractivity contribution in [2.45, 2.75) is 0 Å². The summed E-state index contributed by atoms with van der Waals surface area (Å²) in [5.74, 6) is 0. The van der Waals surface area contributed by atoms with Gasteiger partial charge in [-0.05, 0) is 0 Å². The van der Waals surface area contributed by atoms with E-state index < -0.39 is 23.5 Å². The Morgan fingerprint density at radius 1 is 0.611 bits per heavy atom. The average Bonchev–Trinajstić information content (AvgIpc) is 2.19. The van der Waals surface area contributed by atoms with Crippen molar-refractivity contribution in [3.05, 3.63) is 0 Å². The Morgan fingerprint density at radius 2 is 0.722 bits per heavy atom. The monoisotopic (exact) mass is 333 g/mol. The molecular weight excluding hydrogens is 315 g/mol. The van der Waals surface area contributed by atoms with Gasteiger partial charge in [0, 0.05) is 0 Å². The summed E-state index contributed by atoms with van der Waals surface area (Å²) in [7, 11) is -10.8. The van der Waals surface area contributed by atoms with Crippen molar-refractivity contribution >= 4 is 23.5 Å². The van der Waals surface area contributed by atoms with Crippen molar-refractivity contribution in [2.24, 2.45) is 0 Å². The van der Waals surface area contributed by atoms with Gasteiger partial charge in [-0.3, -0.25) is 13.7 Å². The van der Waals surface area contributed by atoms with Crippen LogP contribution >= 0.6 is 23.5 Å². The molecule has 0 aromatic rings. The minimum absolute atomic E-state index is 1.75. The summed E-state index contributed by atoms with van der Waals surface area (Å²) in [5.41, 5.74) is 9.75. The van der Waals surface area contributed by atoms with Gasteiger partial charge in [-0.15, -0.1) is 0 Å². The first-order chi connectivity index (χ1) is 8.12. The maximum absolute atomic E-state index is 10.2. The van der Waals surface area contributed by atoms with Crippen LogP contribution in [0.1, 0.15) is 0 Å². The zero-order valence-electron chi connectivity index (χ0n) is 10.1. The van der Waals surface area contributed by atoms with Crippen LogP contribution in [-0.2, 0) is 26.6 Å². The normalized spacial score (nSPS) is 37.8. The molecule has 0 unspecified atom stereocenters. The van der Waals surface area contributed by atoms with E-state index in [4.69, 9.17) is 0 Å². The molecule has 9 N–H and O–H groups in total. The summed E-state index contributed by atoms with van der Waals surface area (Å²) in [5, 5.41) is 0. The Labute approximate surface area is 104 Å². The van der Waals surface area contributed by atoms with Crippen molar-refractivity contribution in [1.29, 1.82) is 0 Å². The van der Waals surface area contributed by atoms with Gasteiger partial charge in [0.05, 0.1) is 21.1 Å². The van der Waals surface area contributed by atoms with E-state index in [2.05, 4.69) is 30.1 Å². The summed E-state index contributed by atoms with van der Waals surface area (Å²) < 4.78 is 40.3. The molecule has 0 aromatic heterocycles. The molecule has 1 saturated heterocycles. The first-order valence-corrected chi connectivity index (χ1v) is 8.69. The molecule has 114 valence electrons. The zero-order valence-corrected chi connectivity index (χ0v) is 12.8. The SMILES string of the molecule is C[NH3+].C[NH3+].C[NH3+].O=P1([O-])OP(=O)([O-])OP(=O)([O-])O1. The Kier molecular flexibility index (Phi) is 13.2. The van der Waals surface area contributed by atoms with Gasteiger partial charge < -0.3 is 31.9 Å². The molecule has 12 nitrogen and oxygen atoms in total. The third kappa shape index (κ3) is 11.4. The van der Waals surface area contributed by atoms with E-state index in [9.17, 15) is 28.4 Å². The molecule has 1 aliphatic rings. The molecular formula is C3H18N3O9P3. The summed E-state index contributed by atoms with van der Waals surface area (Å²) in [4.78, 5) is 30.7. The third-order valence-electron chi connectivity index (χ3n) is 0.600. The minimum Gasteiger partial charge on any atom is -0.756 e. The van der Waals surface area contributed by atoms with Crippen LogP contribution in [0, 0.1) is 0 Å². The number of quaternary nitrogens is 3. The van der Waals surface area contributed by atoms with E-state index in [1.165, 1.54) is 0 Å². The minimum atomic E-state index is -5.36. The highest BCUT2D eigenvalue weighted by Gasteiger charge is 2.35. The van der Waals surface area contributed by atoms with E-state index >= 15 is 0 Å². The van der Waals surface area contributed by atoms with Crippen molar-refractivity contribution < 1.29 is 58.5 Å². The number of hydrogen-bond donors (Lipinski definition) is 3. The van der Waals surface area contributed by atoms with Crippen molar-refractivity contribution in [1.82, 2.24) is 0 Å². The Bertz CT molecular complexity index is 277. The molecule has 1 aliphatic heterocycles. The van der Waals surface area contributed by atoms with E-state index in [-0.39, 0.29) is 0 Å². The van der Waals surface area contributed by atoms with Gasteiger partial charge >= 0.3 is 0 Å². The molecule has 1 heterocycles. The highest BCUT2D eigenvalue weighted by molar-refractivity contribution is 7.73. The highest BCUT2D eigenvalue weighted by atomic mass is 31.3. The molecule has 0 spiro atoms. The largest absolute Gasteiger partial charge is 0.756 e. The summed E-state index contributed by atoms with van der Waals surface area (Å²) in [6.07, 6.45) is 0. The molecule has 18 heavy (non-hydrogen) atoms. The molecule has 0 amide bonds. The van der Waals surface area contributed by atoms with Crippen LogP contribution in [0.2, 0.25) is 0 Å². The quantitative estimate of drug-likeness (QED) is 0.359. The van der Waals surface area contributed by atoms with Gasteiger partial charge in [0.2, 0.25) is 0 Å². The highest BCUT2D eigenvalue weighted by Crippen LogP contribution is 2.73. The molecule has 0 bridgehead atoms. The maximum Gasteiger partial charge on any atom is 0.280 e. The zero-order chi connectivity index (χ0) is 15.6. The maximum atomic E-state index is 10.2. The predicted octanol–water partition coefficient (Wildman–Crippen LogP) is -4.97. The summed E-state index contributed by atoms with van der Waals surface area (Å²) in [6, 6.07) is 0. The lowest BCUT2D eigenvalue weighted by molar-refractivity contribution is -0.325. The van der Waals surface area contributed by atoms with E-state index in [0.29, 0.717) is 0 Å². The lowest BCUT2D eigenvalue weighted by atomic mass is 11.6. The van der Waals surface area contributed by atoms with Crippen molar-refractivity contribution in [3.8, 4) is 0 Å². The second-order valence-corrected chi connectivity index (χ2v) is 6.23. The Balaban J connectivity index is -0.000000328. The molecule has 0 saturated carbocycles. The van der Waals surface area contributed by atoms with Crippen LogP contribution in [0.15, 0.2) is 0 Å². The number of hydrogen-bond acceptors (Lipinski definition) is 9. The van der Waals surface area contributed by atoms with Crippen LogP contribution in [-0.4, -0.2) is 21.1 Å².